The first-order valence-corrected chi connectivity index (χ1v) is 8.98. The fourth-order valence-electron chi connectivity index (χ4n) is 3.76. The average molecular weight is 310 g/mol. The number of carbonyl (C=O) groups excluding carboxylic acids is 3. The lowest BCUT2D eigenvalue weighted by Gasteiger charge is -2.47. The average Bonchev–Trinajstić information content (AvgIpc) is 2.45. The first kappa shape index (κ1) is 14.9. The van der Waals surface area contributed by atoms with Gasteiger partial charge < -0.3 is 0 Å². The zero-order chi connectivity index (χ0) is 15.1. The summed E-state index contributed by atoms with van der Waals surface area (Å²) in [7, 11) is 0. The summed E-state index contributed by atoms with van der Waals surface area (Å²) in [5.41, 5.74) is -0.977. The van der Waals surface area contributed by atoms with Crippen LogP contribution in [-0.4, -0.2) is 40.3 Å². The van der Waals surface area contributed by atoms with Crippen molar-refractivity contribution in [3.8, 4) is 0 Å². The molecule has 21 heavy (non-hydrogen) atoms. The molecule has 0 bridgehead atoms. The van der Waals surface area contributed by atoms with E-state index in [2.05, 4.69) is 5.32 Å². The molecule has 3 fully saturated rings. The Morgan fingerprint density at radius 3 is 2.24 bits per heavy atom. The van der Waals surface area contributed by atoms with Crippen LogP contribution in [0.1, 0.15) is 51.4 Å². The Morgan fingerprint density at radius 2 is 1.71 bits per heavy atom. The first-order chi connectivity index (χ1) is 10.0. The number of barbiturate groups is 1. The molecule has 6 heteroatoms. The van der Waals surface area contributed by atoms with Crippen molar-refractivity contribution in [3.05, 3.63) is 0 Å². The molecular weight excluding hydrogens is 288 g/mol. The summed E-state index contributed by atoms with van der Waals surface area (Å²) in [6, 6.07) is -0.526. The number of carbonyl (C=O) groups is 3. The highest BCUT2D eigenvalue weighted by Crippen LogP contribution is 2.46. The summed E-state index contributed by atoms with van der Waals surface area (Å²) < 4.78 is 0.00322. The zero-order valence-corrected chi connectivity index (χ0v) is 13.3. The van der Waals surface area contributed by atoms with E-state index < -0.39 is 11.4 Å². The van der Waals surface area contributed by atoms with Crippen molar-refractivity contribution in [3.63, 3.8) is 0 Å². The van der Waals surface area contributed by atoms with Crippen LogP contribution in [0, 0.1) is 5.41 Å². The van der Waals surface area contributed by atoms with Crippen LogP contribution in [0.2, 0.25) is 0 Å². The lowest BCUT2D eigenvalue weighted by atomic mass is 9.71. The second-order valence-corrected chi connectivity index (χ2v) is 7.81. The molecule has 1 heterocycles. The number of hydrogen-bond acceptors (Lipinski definition) is 4. The van der Waals surface area contributed by atoms with Gasteiger partial charge in [0.15, 0.2) is 0 Å². The summed E-state index contributed by atoms with van der Waals surface area (Å²) >= 11 is 1.73. The number of hydrogen-bond donors (Lipinski definition) is 1. The maximum Gasteiger partial charge on any atom is 0.330 e. The Hall–Kier alpha value is -1.04. The van der Waals surface area contributed by atoms with Crippen LogP contribution in [0.5, 0.6) is 0 Å². The number of urea groups is 1. The minimum atomic E-state index is -0.977. The van der Waals surface area contributed by atoms with Crippen molar-refractivity contribution in [2.45, 2.75) is 56.1 Å². The minimum absolute atomic E-state index is 0.00322. The van der Waals surface area contributed by atoms with Gasteiger partial charge in [0.05, 0.1) is 0 Å². The Balaban J connectivity index is 1.84. The lowest BCUT2D eigenvalue weighted by Crippen LogP contribution is -2.66. The predicted molar refractivity (Wildman–Crippen MR) is 80.9 cm³/mol. The maximum atomic E-state index is 12.9. The molecule has 3 rings (SSSR count). The highest BCUT2D eigenvalue weighted by molar-refractivity contribution is 8.00. The van der Waals surface area contributed by atoms with Gasteiger partial charge in [-0.2, -0.15) is 11.8 Å². The van der Waals surface area contributed by atoms with Gasteiger partial charge >= 0.3 is 6.03 Å². The number of imide groups is 2. The summed E-state index contributed by atoms with van der Waals surface area (Å²) in [5.74, 6) is -0.628. The predicted octanol–water partition coefficient (Wildman–Crippen LogP) is 2.30. The highest BCUT2D eigenvalue weighted by Gasteiger charge is 2.55. The summed E-state index contributed by atoms with van der Waals surface area (Å²) in [6.07, 6.45) is 9.23. The van der Waals surface area contributed by atoms with Gasteiger partial charge in [0, 0.05) is 11.3 Å². The fraction of sp³-hybridized carbons (Fsp3) is 0.800. The Kier molecular flexibility index (Phi) is 3.76. The van der Waals surface area contributed by atoms with Gasteiger partial charge in [-0.05, 0) is 31.9 Å². The second kappa shape index (κ2) is 5.30. The molecule has 0 aromatic carbocycles. The van der Waals surface area contributed by atoms with Crippen molar-refractivity contribution in [2.24, 2.45) is 5.41 Å². The molecule has 0 atom stereocenters. The van der Waals surface area contributed by atoms with Crippen LogP contribution in [0.15, 0.2) is 0 Å². The van der Waals surface area contributed by atoms with Crippen LogP contribution < -0.4 is 5.32 Å². The lowest BCUT2D eigenvalue weighted by molar-refractivity contribution is -0.154. The van der Waals surface area contributed by atoms with Crippen molar-refractivity contribution >= 4 is 29.6 Å². The van der Waals surface area contributed by atoms with Crippen LogP contribution in [0.3, 0.4) is 0 Å². The first-order valence-electron chi connectivity index (χ1n) is 7.76. The third kappa shape index (κ3) is 2.28. The zero-order valence-electron chi connectivity index (χ0n) is 12.4. The van der Waals surface area contributed by atoms with Gasteiger partial charge in [-0.15, -0.1) is 0 Å². The molecule has 1 N–H and O–H groups in total. The van der Waals surface area contributed by atoms with Gasteiger partial charge in [-0.1, -0.05) is 25.7 Å². The smallest absolute Gasteiger partial charge is 0.277 e. The number of rotatable bonds is 3. The Bertz CT molecular complexity index is 476. The van der Waals surface area contributed by atoms with Gasteiger partial charge in [-0.3, -0.25) is 19.8 Å². The highest BCUT2D eigenvalue weighted by atomic mass is 32.2. The molecule has 5 nitrogen and oxygen atoms in total. The van der Waals surface area contributed by atoms with Crippen molar-refractivity contribution in [1.82, 2.24) is 10.2 Å². The molecule has 0 unspecified atom stereocenters. The number of thioether (sulfide) groups is 1. The van der Waals surface area contributed by atoms with Crippen LogP contribution >= 0.6 is 11.8 Å². The van der Waals surface area contributed by atoms with E-state index in [1.807, 2.05) is 6.26 Å². The third-order valence-corrected chi connectivity index (χ3v) is 6.81. The molecule has 116 valence electrons. The molecule has 1 spiro atoms. The molecule has 1 aliphatic heterocycles. The van der Waals surface area contributed by atoms with Crippen LogP contribution in [0.4, 0.5) is 4.79 Å². The van der Waals surface area contributed by atoms with E-state index in [4.69, 9.17) is 0 Å². The van der Waals surface area contributed by atoms with Crippen molar-refractivity contribution in [2.75, 3.05) is 12.8 Å². The molecule has 1 saturated heterocycles. The van der Waals surface area contributed by atoms with E-state index in [1.54, 1.807) is 11.8 Å². The molecular formula is C15H22N2O3S. The van der Waals surface area contributed by atoms with E-state index in [0.29, 0.717) is 19.4 Å². The van der Waals surface area contributed by atoms with E-state index in [1.165, 1.54) is 4.90 Å². The van der Waals surface area contributed by atoms with Crippen LogP contribution in [-0.2, 0) is 9.59 Å². The van der Waals surface area contributed by atoms with E-state index in [0.717, 1.165) is 38.5 Å². The Labute approximate surface area is 129 Å². The van der Waals surface area contributed by atoms with Crippen molar-refractivity contribution < 1.29 is 14.4 Å². The Morgan fingerprint density at radius 1 is 1.05 bits per heavy atom. The van der Waals surface area contributed by atoms with Gasteiger partial charge in [0.2, 0.25) is 11.8 Å². The number of nitrogens with one attached hydrogen (secondary N) is 1. The summed E-state index contributed by atoms with van der Waals surface area (Å²) in [5, 5.41) is 2.43. The SMILES string of the molecule is CSC1(CN2C(=O)NC(=O)C3(CCCCC3)C2=O)CCC1. The second-order valence-electron chi connectivity index (χ2n) is 6.53. The molecule has 2 aliphatic carbocycles. The quantitative estimate of drug-likeness (QED) is 0.812. The van der Waals surface area contributed by atoms with E-state index in [-0.39, 0.29) is 16.6 Å². The minimum Gasteiger partial charge on any atom is -0.277 e. The van der Waals surface area contributed by atoms with E-state index in [9.17, 15) is 14.4 Å². The summed E-state index contributed by atoms with van der Waals surface area (Å²) in [6.45, 7) is 0.438. The fourth-order valence-corrected chi connectivity index (χ4v) is 4.71. The number of nitrogens with zero attached hydrogens (tertiary/aromatic N) is 1. The van der Waals surface area contributed by atoms with Gasteiger partial charge in [0.25, 0.3) is 0 Å². The molecule has 3 aliphatic rings. The largest absolute Gasteiger partial charge is 0.330 e. The molecule has 0 aromatic heterocycles. The molecule has 2 saturated carbocycles. The molecule has 0 aromatic rings. The van der Waals surface area contributed by atoms with Crippen molar-refractivity contribution in [1.29, 1.82) is 0 Å². The standard InChI is InChI=1S/C15H22N2O3S/c1-21-14(6-5-7-14)10-17-12(19)15(8-3-2-4-9-15)11(18)16-13(17)20/h2-10H2,1H3,(H,16,18,20). The monoisotopic (exact) mass is 310 g/mol. The normalized spacial score (nSPS) is 27.5. The third-order valence-electron chi connectivity index (χ3n) is 5.41. The summed E-state index contributed by atoms with van der Waals surface area (Å²) in [4.78, 5) is 38.6. The van der Waals surface area contributed by atoms with Gasteiger partial charge in [-0.25, -0.2) is 4.79 Å². The molecule has 4 amide bonds. The number of amides is 4. The molecule has 0 radical (unpaired) electrons. The maximum absolute atomic E-state index is 12.9. The topological polar surface area (TPSA) is 66.5 Å². The van der Waals surface area contributed by atoms with Crippen LogP contribution in [0.25, 0.3) is 0 Å². The van der Waals surface area contributed by atoms with Gasteiger partial charge in [0.1, 0.15) is 5.41 Å². The van der Waals surface area contributed by atoms with E-state index >= 15 is 0 Å².